The van der Waals surface area contributed by atoms with Crippen LogP contribution in [0.3, 0.4) is 0 Å². The maximum absolute atomic E-state index is 6.08. The molecule has 0 spiro atoms. The molecule has 0 aliphatic carbocycles. The third kappa shape index (κ3) is 3.57. The normalized spacial score (nSPS) is 16.7. The van der Waals surface area contributed by atoms with Crippen LogP contribution >= 0.6 is 0 Å². The number of nitrogens with one attached hydrogen (secondary N) is 2. The Hall–Kier alpha value is -3.18. The van der Waals surface area contributed by atoms with Crippen molar-refractivity contribution >= 4 is 10.9 Å². The van der Waals surface area contributed by atoms with E-state index in [0.29, 0.717) is 5.88 Å². The average Bonchev–Trinajstić information content (AvgIpc) is 3.20. The standard InChI is InChI=1S/C25H26N4O/c1-16-5-3-7-20(17(16)2)18-8-9-23-21(11-18)22(13-28-23)24-14-27-15-25(29-24)30-19-6-4-10-26-12-19/h3,5,7-9,11,13-15,19,26,28H,4,6,10,12H2,1-2H3/t19-/m1/s1. The van der Waals surface area contributed by atoms with E-state index in [2.05, 4.69) is 65.5 Å². The van der Waals surface area contributed by atoms with Crippen molar-refractivity contribution in [3.05, 3.63) is 66.1 Å². The lowest BCUT2D eigenvalue weighted by Crippen LogP contribution is -2.37. The van der Waals surface area contributed by atoms with E-state index in [1.54, 1.807) is 12.4 Å². The van der Waals surface area contributed by atoms with Crippen molar-refractivity contribution in [1.82, 2.24) is 20.3 Å². The van der Waals surface area contributed by atoms with Crippen LogP contribution in [0.15, 0.2) is 55.0 Å². The van der Waals surface area contributed by atoms with Crippen LogP contribution in [0.5, 0.6) is 5.88 Å². The average molecular weight is 399 g/mol. The van der Waals surface area contributed by atoms with E-state index in [1.165, 1.54) is 22.3 Å². The maximum Gasteiger partial charge on any atom is 0.233 e. The van der Waals surface area contributed by atoms with Crippen LogP contribution in [0.4, 0.5) is 0 Å². The summed E-state index contributed by atoms with van der Waals surface area (Å²) < 4.78 is 6.08. The molecule has 0 amide bonds. The van der Waals surface area contributed by atoms with Crippen LogP contribution in [-0.4, -0.2) is 34.1 Å². The highest BCUT2D eigenvalue weighted by molar-refractivity contribution is 5.97. The fraction of sp³-hybridized carbons (Fsp3) is 0.280. The lowest BCUT2D eigenvalue weighted by molar-refractivity contribution is 0.160. The summed E-state index contributed by atoms with van der Waals surface area (Å²) in [4.78, 5) is 12.5. The van der Waals surface area contributed by atoms with Crippen LogP contribution in [0.2, 0.25) is 0 Å². The molecule has 30 heavy (non-hydrogen) atoms. The molecule has 5 rings (SSSR count). The van der Waals surface area contributed by atoms with Crippen LogP contribution in [0, 0.1) is 13.8 Å². The monoisotopic (exact) mass is 398 g/mol. The number of ether oxygens (including phenoxy) is 1. The van der Waals surface area contributed by atoms with Gasteiger partial charge in [0.05, 0.1) is 18.1 Å². The number of fused-ring (bicyclic) bond motifs is 1. The van der Waals surface area contributed by atoms with Gasteiger partial charge in [-0.2, -0.15) is 0 Å². The third-order valence-electron chi connectivity index (χ3n) is 6.02. The number of hydrogen-bond donors (Lipinski definition) is 2. The van der Waals surface area contributed by atoms with Gasteiger partial charge in [0, 0.05) is 29.2 Å². The molecule has 5 heteroatoms. The zero-order valence-electron chi connectivity index (χ0n) is 17.4. The van der Waals surface area contributed by atoms with E-state index in [9.17, 15) is 0 Å². The summed E-state index contributed by atoms with van der Waals surface area (Å²) in [7, 11) is 0. The summed E-state index contributed by atoms with van der Waals surface area (Å²) in [5.41, 5.74) is 8.02. The lowest BCUT2D eigenvalue weighted by Gasteiger charge is -2.23. The Labute approximate surface area is 176 Å². The molecule has 2 aromatic heterocycles. The van der Waals surface area contributed by atoms with E-state index in [0.717, 1.165) is 48.1 Å². The zero-order chi connectivity index (χ0) is 20.5. The van der Waals surface area contributed by atoms with Crippen molar-refractivity contribution in [2.24, 2.45) is 0 Å². The van der Waals surface area contributed by atoms with E-state index >= 15 is 0 Å². The van der Waals surface area contributed by atoms with Gasteiger partial charge in [-0.15, -0.1) is 0 Å². The first kappa shape index (κ1) is 18.8. The smallest absolute Gasteiger partial charge is 0.233 e. The van der Waals surface area contributed by atoms with Crippen LogP contribution < -0.4 is 10.1 Å². The Kier molecular flexibility index (Phi) is 4.97. The maximum atomic E-state index is 6.08. The lowest BCUT2D eigenvalue weighted by atomic mass is 9.95. The second kappa shape index (κ2) is 7.92. The van der Waals surface area contributed by atoms with Crippen LogP contribution in [0.1, 0.15) is 24.0 Å². The van der Waals surface area contributed by atoms with Gasteiger partial charge in [-0.3, -0.25) is 4.98 Å². The highest BCUT2D eigenvalue weighted by Crippen LogP contribution is 2.33. The molecule has 0 unspecified atom stereocenters. The van der Waals surface area contributed by atoms with Crippen molar-refractivity contribution in [2.45, 2.75) is 32.8 Å². The molecule has 1 atom stereocenters. The number of aromatic nitrogens is 3. The minimum atomic E-state index is 0.155. The predicted molar refractivity (Wildman–Crippen MR) is 121 cm³/mol. The van der Waals surface area contributed by atoms with Crippen molar-refractivity contribution in [3.63, 3.8) is 0 Å². The topological polar surface area (TPSA) is 62.8 Å². The van der Waals surface area contributed by atoms with E-state index in [-0.39, 0.29) is 6.10 Å². The number of rotatable bonds is 4. The van der Waals surface area contributed by atoms with Crippen LogP contribution in [0.25, 0.3) is 33.3 Å². The molecule has 4 aromatic rings. The van der Waals surface area contributed by atoms with Gasteiger partial charge in [-0.1, -0.05) is 24.3 Å². The third-order valence-corrected chi connectivity index (χ3v) is 6.02. The van der Waals surface area contributed by atoms with Gasteiger partial charge in [-0.05, 0) is 67.6 Å². The highest BCUT2D eigenvalue weighted by Gasteiger charge is 2.16. The largest absolute Gasteiger partial charge is 0.472 e. The van der Waals surface area contributed by atoms with Crippen molar-refractivity contribution in [1.29, 1.82) is 0 Å². The molecule has 2 aromatic carbocycles. The number of aryl methyl sites for hydroxylation is 1. The fourth-order valence-corrected chi connectivity index (χ4v) is 4.19. The molecule has 152 valence electrons. The molecule has 5 nitrogen and oxygen atoms in total. The summed E-state index contributed by atoms with van der Waals surface area (Å²) in [6, 6.07) is 13.0. The van der Waals surface area contributed by atoms with Gasteiger partial charge in [-0.25, -0.2) is 4.98 Å². The second-order valence-electron chi connectivity index (χ2n) is 8.04. The molecule has 1 fully saturated rings. The van der Waals surface area contributed by atoms with E-state index < -0.39 is 0 Å². The number of hydrogen-bond acceptors (Lipinski definition) is 4. The molecular weight excluding hydrogens is 372 g/mol. The van der Waals surface area contributed by atoms with Crippen LogP contribution in [-0.2, 0) is 0 Å². The fourth-order valence-electron chi connectivity index (χ4n) is 4.19. The Morgan fingerprint density at radius 1 is 1.07 bits per heavy atom. The van der Waals surface area contributed by atoms with E-state index in [1.807, 2.05) is 6.20 Å². The summed E-state index contributed by atoms with van der Waals surface area (Å²) in [5.74, 6) is 0.584. The summed E-state index contributed by atoms with van der Waals surface area (Å²) in [5, 5.41) is 4.51. The number of piperidine rings is 1. The highest BCUT2D eigenvalue weighted by atomic mass is 16.5. The zero-order valence-corrected chi connectivity index (χ0v) is 17.4. The molecule has 1 saturated heterocycles. The minimum absolute atomic E-state index is 0.155. The SMILES string of the molecule is Cc1cccc(-c2ccc3[nH]cc(-c4cncc(O[C@@H]5CCCNC5)n4)c3c2)c1C. The first-order valence-corrected chi connectivity index (χ1v) is 10.6. The van der Waals surface area contributed by atoms with Gasteiger partial charge >= 0.3 is 0 Å². The van der Waals surface area contributed by atoms with Crippen molar-refractivity contribution in [2.75, 3.05) is 13.1 Å². The summed E-state index contributed by atoms with van der Waals surface area (Å²) >= 11 is 0. The minimum Gasteiger partial charge on any atom is -0.472 e. The Morgan fingerprint density at radius 2 is 2.00 bits per heavy atom. The Bertz CT molecular complexity index is 1190. The van der Waals surface area contributed by atoms with Gasteiger partial charge in [0.1, 0.15) is 6.10 Å². The number of aromatic amines is 1. The van der Waals surface area contributed by atoms with Crippen molar-refractivity contribution < 1.29 is 4.74 Å². The van der Waals surface area contributed by atoms with E-state index in [4.69, 9.17) is 9.72 Å². The first-order valence-electron chi connectivity index (χ1n) is 10.6. The molecule has 0 bridgehead atoms. The van der Waals surface area contributed by atoms with Gasteiger partial charge < -0.3 is 15.0 Å². The summed E-state index contributed by atoms with van der Waals surface area (Å²) in [6.07, 6.45) is 7.84. The van der Waals surface area contributed by atoms with Gasteiger partial charge in [0.15, 0.2) is 0 Å². The van der Waals surface area contributed by atoms with Gasteiger partial charge in [0.2, 0.25) is 5.88 Å². The molecule has 0 radical (unpaired) electrons. The number of nitrogens with zero attached hydrogens (tertiary/aromatic N) is 2. The quantitative estimate of drug-likeness (QED) is 0.506. The molecule has 0 saturated carbocycles. The molecule has 1 aliphatic rings. The number of H-pyrrole nitrogens is 1. The Balaban J connectivity index is 1.52. The first-order chi connectivity index (χ1) is 14.7. The van der Waals surface area contributed by atoms with Gasteiger partial charge in [0.25, 0.3) is 0 Å². The predicted octanol–water partition coefficient (Wildman–Crippen LogP) is 5.04. The Morgan fingerprint density at radius 3 is 2.87 bits per heavy atom. The molecule has 2 N–H and O–H groups in total. The number of benzene rings is 2. The molecular formula is C25H26N4O. The second-order valence-corrected chi connectivity index (χ2v) is 8.04. The molecule has 3 heterocycles. The van der Waals surface area contributed by atoms with Crippen molar-refractivity contribution in [3.8, 4) is 28.3 Å². The summed E-state index contributed by atoms with van der Waals surface area (Å²) in [6.45, 7) is 6.25. The molecule has 1 aliphatic heterocycles.